The highest BCUT2D eigenvalue weighted by molar-refractivity contribution is 5.98. The van der Waals surface area contributed by atoms with E-state index < -0.39 is 35.7 Å². The quantitative estimate of drug-likeness (QED) is 0.776. The van der Waals surface area contributed by atoms with Gasteiger partial charge in [0.15, 0.2) is 5.54 Å². The second-order valence-corrected chi connectivity index (χ2v) is 6.31. The summed E-state index contributed by atoms with van der Waals surface area (Å²) < 4.78 is 10.6. The SMILES string of the molecule is COC(=O)C(CO)(NC(=O)c1ccccc1)[C@@H](C)OC(C)(C)C. The van der Waals surface area contributed by atoms with Gasteiger partial charge in [-0.1, -0.05) is 18.2 Å². The van der Waals surface area contributed by atoms with Gasteiger partial charge < -0.3 is 19.9 Å². The molecule has 0 radical (unpaired) electrons. The molecule has 6 nitrogen and oxygen atoms in total. The number of amides is 1. The molecule has 1 amide bonds. The van der Waals surface area contributed by atoms with Crippen molar-refractivity contribution in [2.45, 2.75) is 44.9 Å². The Kier molecular flexibility index (Phi) is 6.29. The zero-order chi connectivity index (χ0) is 17.7. The van der Waals surface area contributed by atoms with Gasteiger partial charge in [0.05, 0.1) is 25.4 Å². The monoisotopic (exact) mass is 323 g/mol. The van der Waals surface area contributed by atoms with Gasteiger partial charge in [-0.2, -0.15) is 0 Å². The molecule has 0 bridgehead atoms. The van der Waals surface area contributed by atoms with E-state index >= 15 is 0 Å². The maximum Gasteiger partial charge on any atom is 0.336 e. The van der Waals surface area contributed by atoms with Crippen LogP contribution in [0.25, 0.3) is 0 Å². The van der Waals surface area contributed by atoms with Crippen LogP contribution in [0.4, 0.5) is 0 Å². The number of carbonyl (C=O) groups is 2. The van der Waals surface area contributed by atoms with E-state index in [-0.39, 0.29) is 0 Å². The molecule has 1 unspecified atom stereocenters. The molecule has 0 saturated heterocycles. The molecular formula is C17H25NO5. The lowest BCUT2D eigenvalue weighted by molar-refractivity contribution is -0.165. The van der Waals surface area contributed by atoms with Crippen molar-refractivity contribution < 1.29 is 24.2 Å². The molecule has 23 heavy (non-hydrogen) atoms. The van der Waals surface area contributed by atoms with E-state index in [2.05, 4.69) is 5.32 Å². The molecule has 0 aliphatic rings. The minimum absolute atomic E-state index is 0.372. The van der Waals surface area contributed by atoms with Crippen molar-refractivity contribution in [3.05, 3.63) is 35.9 Å². The Bertz CT molecular complexity index is 538. The predicted molar refractivity (Wildman–Crippen MR) is 86.0 cm³/mol. The third-order valence-electron chi connectivity index (χ3n) is 3.40. The first-order valence-electron chi connectivity index (χ1n) is 7.41. The Labute approximate surface area is 136 Å². The summed E-state index contributed by atoms with van der Waals surface area (Å²) in [6.07, 6.45) is -0.799. The molecule has 1 rings (SSSR count). The maximum absolute atomic E-state index is 12.4. The Balaban J connectivity index is 3.14. The van der Waals surface area contributed by atoms with E-state index in [4.69, 9.17) is 9.47 Å². The van der Waals surface area contributed by atoms with Crippen molar-refractivity contribution in [1.29, 1.82) is 0 Å². The molecule has 0 heterocycles. The summed E-state index contributed by atoms with van der Waals surface area (Å²) in [5, 5.41) is 12.4. The van der Waals surface area contributed by atoms with Gasteiger partial charge in [-0.3, -0.25) is 4.79 Å². The third kappa shape index (κ3) is 4.77. The summed E-state index contributed by atoms with van der Waals surface area (Å²) in [7, 11) is 1.20. The lowest BCUT2D eigenvalue weighted by Gasteiger charge is -2.38. The lowest BCUT2D eigenvalue weighted by atomic mass is 9.92. The highest BCUT2D eigenvalue weighted by atomic mass is 16.5. The van der Waals surface area contributed by atoms with Crippen molar-refractivity contribution in [2.24, 2.45) is 0 Å². The van der Waals surface area contributed by atoms with Crippen molar-refractivity contribution in [3.8, 4) is 0 Å². The lowest BCUT2D eigenvalue weighted by Crippen LogP contribution is -2.65. The van der Waals surface area contributed by atoms with Gasteiger partial charge in [0, 0.05) is 5.56 Å². The van der Waals surface area contributed by atoms with E-state index in [0.29, 0.717) is 5.56 Å². The largest absolute Gasteiger partial charge is 0.467 e. The Morgan fingerprint density at radius 1 is 1.22 bits per heavy atom. The van der Waals surface area contributed by atoms with E-state index in [9.17, 15) is 14.7 Å². The first kappa shape index (κ1) is 19.1. The van der Waals surface area contributed by atoms with Crippen molar-refractivity contribution in [1.82, 2.24) is 5.32 Å². The zero-order valence-corrected chi connectivity index (χ0v) is 14.3. The number of ether oxygens (including phenoxy) is 2. The number of rotatable bonds is 6. The van der Waals surface area contributed by atoms with Crippen LogP contribution in [0.2, 0.25) is 0 Å². The topological polar surface area (TPSA) is 84.9 Å². The second-order valence-electron chi connectivity index (χ2n) is 6.31. The van der Waals surface area contributed by atoms with Crippen molar-refractivity contribution in [2.75, 3.05) is 13.7 Å². The molecule has 128 valence electrons. The number of benzene rings is 1. The summed E-state index contributed by atoms with van der Waals surface area (Å²) in [6, 6.07) is 8.43. The Hall–Kier alpha value is -1.92. The van der Waals surface area contributed by atoms with Crippen LogP contribution in [-0.2, 0) is 14.3 Å². The van der Waals surface area contributed by atoms with Gasteiger partial charge in [-0.25, -0.2) is 4.79 Å². The normalized spacial score (nSPS) is 15.4. The highest BCUT2D eigenvalue weighted by Crippen LogP contribution is 2.22. The smallest absolute Gasteiger partial charge is 0.336 e. The average Bonchev–Trinajstić information content (AvgIpc) is 2.50. The van der Waals surface area contributed by atoms with Crippen LogP contribution in [0, 0.1) is 0 Å². The summed E-state index contributed by atoms with van der Waals surface area (Å²) in [4.78, 5) is 24.7. The molecule has 0 aliphatic carbocycles. The molecule has 2 atom stereocenters. The molecule has 1 aromatic rings. The number of hydrogen-bond donors (Lipinski definition) is 2. The van der Waals surface area contributed by atoms with Crippen molar-refractivity contribution >= 4 is 11.9 Å². The van der Waals surface area contributed by atoms with Crippen LogP contribution in [0.5, 0.6) is 0 Å². The minimum atomic E-state index is -1.69. The van der Waals surface area contributed by atoms with E-state index in [1.807, 2.05) is 20.8 Å². The molecule has 6 heteroatoms. The number of hydrogen-bond acceptors (Lipinski definition) is 5. The number of aliphatic hydroxyl groups excluding tert-OH is 1. The molecule has 0 spiro atoms. The average molecular weight is 323 g/mol. The van der Waals surface area contributed by atoms with Crippen LogP contribution in [-0.4, -0.2) is 47.9 Å². The molecule has 0 aliphatic heterocycles. The molecule has 0 saturated carbocycles. The fourth-order valence-corrected chi connectivity index (χ4v) is 2.23. The molecule has 1 aromatic carbocycles. The number of aliphatic hydroxyl groups is 1. The van der Waals surface area contributed by atoms with Crippen LogP contribution < -0.4 is 5.32 Å². The molecule has 2 N–H and O–H groups in total. The maximum atomic E-state index is 12.4. The fraction of sp³-hybridized carbons (Fsp3) is 0.529. The standard InChI is InChI=1S/C17H25NO5/c1-12(23-16(2,3)4)17(11-19,15(21)22-5)18-14(20)13-9-7-6-8-10-13/h6-10,12,19H,11H2,1-5H3,(H,18,20)/t12-,17?/m1/s1. The number of nitrogens with one attached hydrogen (secondary N) is 1. The van der Waals surface area contributed by atoms with E-state index in [1.54, 1.807) is 37.3 Å². The molecule has 0 fully saturated rings. The predicted octanol–water partition coefficient (Wildman–Crippen LogP) is 1.52. The van der Waals surface area contributed by atoms with Gasteiger partial charge in [0.25, 0.3) is 5.91 Å². The number of carbonyl (C=O) groups excluding carboxylic acids is 2. The van der Waals surface area contributed by atoms with Crippen LogP contribution in [0.1, 0.15) is 38.1 Å². The van der Waals surface area contributed by atoms with Gasteiger partial charge in [-0.05, 0) is 39.8 Å². The first-order chi connectivity index (χ1) is 10.7. The van der Waals surface area contributed by atoms with Crippen LogP contribution in [0.15, 0.2) is 30.3 Å². The van der Waals surface area contributed by atoms with Crippen molar-refractivity contribution in [3.63, 3.8) is 0 Å². The number of methoxy groups -OCH3 is 1. The molecular weight excluding hydrogens is 298 g/mol. The van der Waals surface area contributed by atoms with E-state index in [1.165, 1.54) is 7.11 Å². The summed E-state index contributed by atoms with van der Waals surface area (Å²) in [5.41, 5.74) is -1.88. The van der Waals surface area contributed by atoms with Gasteiger partial charge in [0.2, 0.25) is 0 Å². The summed E-state index contributed by atoms with van der Waals surface area (Å²) >= 11 is 0. The first-order valence-corrected chi connectivity index (χ1v) is 7.41. The minimum Gasteiger partial charge on any atom is -0.467 e. The van der Waals surface area contributed by atoms with Crippen LogP contribution >= 0.6 is 0 Å². The van der Waals surface area contributed by atoms with Crippen LogP contribution in [0.3, 0.4) is 0 Å². The zero-order valence-electron chi connectivity index (χ0n) is 14.3. The Morgan fingerprint density at radius 2 is 1.78 bits per heavy atom. The van der Waals surface area contributed by atoms with Gasteiger partial charge in [-0.15, -0.1) is 0 Å². The fourth-order valence-electron chi connectivity index (χ4n) is 2.23. The molecule has 0 aromatic heterocycles. The summed E-state index contributed by atoms with van der Waals surface area (Å²) in [6.45, 7) is 6.44. The second kappa shape index (κ2) is 7.57. The summed E-state index contributed by atoms with van der Waals surface area (Å²) in [5.74, 6) is -1.25. The van der Waals surface area contributed by atoms with Gasteiger partial charge in [0.1, 0.15) is 0 Å². The third-order valence-corrected chi connectivity index (χ3v) is 3.40. The van der Waals surface area contributed by atoms with E-state index in [0.717, 1.165) is 0 Å². The number of esters is 1. The Morgan fingerprint density at radius 3 is 2.22 bits per heavy atom. The highest BCUT2D eigenvalue weighted by Gasteiger charge is 2.48. The van der Waals surface area contributed by atoms with Gasteiger partial charge >= 0.3 is 5.97 Å².